The molecule has 3 aromatic rings. The second-order valence-electron chi connectivity index (χ2n) is 7.97. The van der Waals surface area contributed by atoms with Gasteiger partial charge in [-0.1, -0.05) is 31.5 Å². The minimum atomic E-state index is -0.375. The van der Waals surface area contributed by atoms with Crippen LogP contribution in [0.4, 0.5) is 0 Å². The van der Waals surface area contributed by atoms with Crippen molar-refractivity contribution in [1.29, 1.82) is 0 Å². The normalized spacial score (nSPS) is 12.6. The van der Waals surface area contributed by atoms with Crippen molar-refractivity contribution in [2.75, 3.05) is 0 Å². The van der Waals surface area contributed by atoms with E-state index in [-0.39, 0.29) is 32.3 Å². The number of pyridine rings is 1. The molecular weight excluding hydrogens is 538 g/mol. The first-order valence-electron chi connectivity index (χ1n) is 9.82. The van der Waals surface area contributed by atoms with Gasteiger partial charge in [-0.2, -0.15) is 0 Å². The maximum absolute atomic E-state index is 8.56. The molecule has 3 nitrogen and oxygen atoms in total. The number of hydrogen-bond donors (Lipinski definition) is 2. The summed E-state index contributed by atoms with van der Waals surface area (Å²) in [6, 6.07) is 14.2. The van der Waals surface area contributed by atoms with Gasteiger partial charge in [-0.3, -0.25) is 4.98 Å². The maximum atomic E-state index is 8.56. The Balaban J connectivity index is 0.000000456. The Hall–Kier alpha value is -1.58. The fourth-order valence-corrected chi connectivity index (χ4v) is 3.49. The molecule has 2 atom stereocenters. The molecule has 4 heteroatoms. The van der Waals surface area contributed by atoms with Gasteiger partial charge in [0.25, 0.3) is 0 Å². The minimum absolute atomic E-state index is 0. The smallest absolute Gasteiger partial charge is 0.0600 e. The third-order valence-corrected chi connectivity index (χ3v) is 4.68. The molecule has 159 valence electrons. The predicted octanol–water partition coefficient (Wildman–Crippen LogP) is 5.38. The molecule has 0 saturated heterocycles. The summed E-state index contributed by atoms with van der Waals surface area (Å²) in [4.78, 5) is 4.93. The average Bonchev–Trinajstić information content (AvgIpc) is 2.55. The summed E-state index contributed by atoms with van der Waals surface area (Å²) in [7, 11) is 0. The summed E-state index contributed by atoms with van der Waals surface area (Å²) in [5, 5.41) is 18.4. The zero-order chi connectivity index (χ0) is 21.0. The van der Waals surface area contributed by atoms with Gasteiger partial charge in [0, 0.05) is 25.5 Å². The van der Waals surface area contributed by atoms with Crippen molar-refractivity contribution in [2.24, 2.45) is 0 Å². The second kappa shape index (κ2) is 11.0. The van der Waals surface area contributed by atoms with E-state index in [2.05, 4.69) is 65.0 Å². The maximum Gasteiger partial charge on any atom is 0.0600 e. The summed E-state index contributed by atoms with van der Waals surface area (Å²) in [6.45, 7) is 14.0. The quantitative estimate of drug-likeness (QED) is 0.416. The van der Waals surface area contributed by atoms with Crippen molar-refractivity contribution < 1.29 is 30.3 Å². The van der Waals surface area contributed by atoms with Crippen LogP contribution in [0.25, 0.3) is 22.2 Å². The van der Waals surface area contributed by atoms with Crippen LogP contribution in [0, 0.1) is 40.7 Å². The number of rotatable bonds is 3. The van der Waals surface area contributed by atoms with Crippen LogP contribution in [0.15, 0.2) is 30.3 Å². The van der Waals surface area contributed by atoms with Gasteiger partial charge in [-0.05, 0) is 63.9 Å². The molecule has 2 unspecified atom stereocenters. The van der Waals surface area contributed by atoms with Crippen LogP contribution in [0.1, 0.15) is 48.1 Å². The van der Waals surface area contributed by atoms with Gasteiger partial charge in [-0.25, -0.2) is 0 Å². The number of aliphatic hydroxyl groups excluding tert-OH is 2. The van der Waals surface area contributed by atoms with Crippen molar-refractivity contribution in [3.05, 3.63) is 64.2 Å². The van der Waals surface area contributed by atoms with E-state index >= 15 is 0 Å². The van der Waals surface area contributed by atoms with Gasteiger partial charge < -0.3 is 10.2 Å². The van der Waals surface area contributed by atoms with Crippen molar-refractivity contribution in [2.45, 2.75) is 67.1 Å². The van der Waals surface area contributed by atoms with E-state index in [9.17, 15) is 0 Å². The molecule has 0 amide bonds. The second-order valence-corrected chi connectivity index (χ2v) is 7.97. The molecule has 0 fully saturated rings. The van der Waals surface area contributed by atoms with E-state index in [1.165, 1.54) is 33.2 Å². The van der Waals surface area contributed by atoms with Gasteiger partial charge >= 0.3 is 0 Å². The Morgan fingerprint density at radius 2 is 1.41 bits per heavy atom. The fourth-order valence-electron chi connectivity index (χ4n) is 3.49. The standard InChI is InChI=1S/C20H20N.C5H12O2.Ir/c1-12-6-7-17(14(3)8-12)20-16(5)11-18-15(4)9-13(2)10-19(18)21-20;1-4(6)3-5(2)7;/h6,8-11H,1-5H3;4-7H,3H2,1-2H3;/q-1;;. The number of benzene rings is 2. The summed E-state index contributed by atoms with van der Waals surface area (Å²) >= 11 is 0. The van der Waals surface area contributed by atoms with Gasteiger partial charge in [0.1, 0.15) is 0 Å². The molecule has 1 aromatic heterocycles. The van der Waals surface area contributed by atoms with Crippen molar-refractivity contribution >= 4 is 10.9 Å². The monoisotopic (exact) mass is 571 g/mol. The molecule has 0 saturated carbocycles. The first-order valence-corrected chi connectivity index (χ1v) is 9.82. The predicted molar refractivity (Wildman–Crippen MR) is 118 cm³/mol. The van der Waals surface area contributed by atoms with Crippen LogP contribution in [0.5, 0.6) is 0 Å². The molecule has 2 N–H and O–H groups in total. The minimum Gasteiger partial charge on any atom is -0.393 e. The van der Waals surface area contributed by atoms with Crippen molar-refractivity contribution in [3.8, 4) is 11.3 Å². The number of aryl methyl sites for hydroxylation is 5. The largest absolute Gasteiger partial charge is 0.393 e. The molecule has 0 aliphatic heterocycles. The van der Waals surface area contributed by atoms with Gasteiger partial charge in [0.2, 0.25) is 0 Å². The van der Waals surface area contributed by atoms with Crippen LogP contribution in [0.2, 0.25) is 0 Å². The van der Waals surface area contributed by atoms with Crippen LogP contribution in [0.3, 0.4) is 0 Å². The number of aromatic nitrogens is 1. The fraction of sp³-hybridized carbons (Fsp3) is 0.400. The van der Waals surface area contributed by atoms with E-state index in [4.69, 9.17) is 15.2 Å². The molecule has 0 aliphatic carbocycles. The van der Waals surface area contributed by atoms with E-state index < -0.39 is 0 Å². The van der Waals surface area contributed by atoms with Crippen molar-refractivity contribution in [3.63, 3.8) is 0 Å². The molecule has 0 bridgehead atoms. The van der Waals surface area contributed by atoms with Gasteiger partial charge in [0.15, 0.2) is 0 Å². The molecule has 0 spiro atoms. The molecule has 0 aliphatic rings. The molecule has 29 heavy (non-hydrogen) atoms. The Bertz CT molecular complexity index is 959. The molecule has 1 radical (unpaired) electrons. The van der Waals surface area contributed by atoms with Crippen LogP contribution >= 0.6 is 0 Å². The van der Waals surface area contributed by atoms with E-state index in [0.29, 0.717) is 6.42 Å². The Labute approximate surface area is 188 Å². The number of fused-ring (bicyclic) bond motifs is 1. The Kier molecular flexibility index (Phi) is 9.64. The number of nitrogens with zero attached hydrogens (tertiary/aromatic N) is 1. The third-order valence-electron chi connectivity index (χ3n) is 4.68. The van der Waals surface area contributed by atoms with Crippen molar-refractivity contribution in [1.82, 2.24) is 4.98 Å². The first kappa shape index (κ1) is 25.5. The molecule has 1 heterocycles. The summed E-state index contributed by atoms with van der Waals surface area (Å²) < 4.78 is 0. The molecule has 2 aromatic carbocycles. The number of aliphatic hydroxyl groups is 2. The van der Waals surface area contributed by atoms with E-state index in [0.717, 1.165) is 16.8 Å². The Morgan fingerprint density at radius 3 is 1.93 bits per heavy atom. The topological polar surface area (TPSA) is 53.4 Å². The van der Waals surface area contributed by atoms with Gasteiger partial charge in [0.05, 0.1) is 17.7 Å². The third kappa shape index (κ3) is 7.01. The van der Waals surface area contributed by atoms with E-state index in [1.807, 2.05) is 6.07 Å². The van der Waals surface area contributed by atoms with E-state index in [1.54, 1.807) is 13.8 Å². The zero-order valence-corrected chi connectivity index (χ0v) is 20.8. The summed E-state index contributed by atoms with van der Waals surface area (Å²) in [5.41, 5.74) is 9.45. The van der Waals surface area contributed by atoms with Gasteiger partial charge in [-0.15, -0.1) is 34.9 Å². The summed E-state index contributed by atoms with van der Waals surface area (Å²) in [6.07, 6.45) is -0.278. The number of hydrogen-bond acceptors (Lipinski definition) is 3. The SMILES string of the molecule is CC(O)CC(C)O.Cc1c[c-]c(-c2nc3cc(C)cc(C)c3cc2C)c(C)c1.[Ir]. The first-order chi connectivity index (χ1) is 13.1. The van der Waals surface area contributed by atoms with Crippen LogP contribution < -0.4 is 0 Å². The summed E-state index contributed by atoms with van der Waals surface area (Å²) in [5.74, 6) is 0. The van der Waals surface area contributed by atoms with Crippen LogP contribution in [-0.4, -0.2) is 27.4 Å². The molecular formula is C25H32IrNO2-. The zero-order valence-electron chi connectivity index (χ0n) is 18.4. The average molecular weight is 571 g/mol. The molecule has 3 rings (SSSR count). The Morgan fingerprint density at radius 1 is 0.828 bits per heavy atom. The van der Waals surface area contributed by atoms with Crippen LogP contribution in [-0.2, 0) is 20.1 Å².